The van der Waals surface area contributed by atoms with Gasteiger partial charge in [-0.05, 0) is 6.92 Å². The molecule has 4 heterocycles. The summed E-state index contributed by atoms with van der Waals surface area (Å²) in [5, 5.41) is 10.9. The molecule has 3 aromatic rings. The normalized spacial score (nSPS) is 25.0. The molecule has 14 heteroatoms. The highest BCUT2D eigenvalue weighted by Gasteiger charge is 2.45. The number of imidazole rings is 2. The molecule has 13 nitrogen and oxygen atoms in total. The number of rotatable bonds is 7. The number of carbonyl (C=O) groups excluding carboxylic acids is 1. The Kier molecular flexibility index (Phi) is 5.52. The molecule has 1 saturated heterocycles. The molecule has 1 unspecified atom stereocenters. The molecule has 0 amide bonds. The zero-order valence-electron chi connectivity index (χ0n) is 15.8. The second-order valence-corrected chi connectivity index (χ2v) is 8.28. The predicted molar refractivity (Wildman–Crippen MR) is 104 cm³/mol. The molecular formula is C16H20N7O6P. The molecule has 1 aliphatic rings. The Morgan fingerprint density at radius 1 is 1.47 bits per heavy atom. The van der Waals surface area contributed by atoms with E-state index in [0.717, 1.165) is 0 Å². The third kappa shape index (κ3) is 3.79. The van der Waals surface area contributed by atoms with Gasteiger partial charge in [0.05, 0.1) is 19.0 Å². The fraction of sp³-hybridized carbons (Fsp3) is 0.438. The molecule has 0 saturated carbocycles. The minimum atomic E-state index is -2.63. The number of aliphatic hydroxyl groups is 1. The van der Waals surface area contributed by atoms with Gasteiger partial charge in [0.15, 0.2) is 17.4 Å². The Morgan fingerprint density at radius 2 is 2.27 bits per heavy atom. The van der Waals surface area contributed by atoms with Crippen LogP contribution >= 0.6 is 8.18 Å². The maximum atomic E-state index is 12.3. The van der Waals surface area contributed by atoms with Crippen LogP contribution in [0.4, 0.5) is 5.95 Å². The van der Waals surface area contributed by atoms with E-state index in [1.807, 2.05) is 0 Å². The molecule has 0 spiro atoms. The number of fused-ring (bicyclic) bond motifs is 1. The van der Waals surface area contributed by atoms with Crippen molar-refractivity contribution in [3.63, 3.8) is 0 Å². The summed E-state index contributed by atoms with van der Waals surface area (Å²) < 4.78 is 26.3. The van der Waals surface area contributed by atoms with Gasteiger partial charge < -0.3 is 24.9 Å². The van der Waals surface area contributed by atoms with Crippen molar-refractivity contribution < 1.29 is 23.7 Å². The maximum Gasteiger partial charge on any atom is 0.289 e. The van der Waals surface area contributed by atoms with Crippen LogP contribution in [0, 0.1) is 5.92 Å². The van der Waals surface area contributed by atoms with E-state index < -0.39 is 38.1 Å². The lowest BCUT2D eigenvalue weighted by atomic mass is 9.93. The van der Waals surface area contributed by atoms with Gasteiger partial charge in [-0.15, -0.1) is 0 Å². The Morgan fingerprint density at radius 3 is 2.97 bits per heavy atom. The van der Waals surface area contributed by atoms with Gasteiger partial charge in [0, 0.05) is 24.7 Å². The summed E-state index contributed by atoms with van der Waals surface area (Å²) in [6, 6.07) is 0. The second-order valence-electron chi connectivity index (χ2n) is 6.95. The summed E-state index contributed by atoms with van der Waals surface area (Å²) in [4.78, 5) is 38.0. The van der Waals surface area contributed by atoms with Gasteiger partial charge in [0.25, 0.3) is 13.7 Å². The quantitative estimate of drug-likeness (QED) is 0.415. The van der Waals surface area contributed by atoms with E-state index in [1.165, 1.54) is 40.9 Å². The molecule has 3 aromatic heterocycles. The van der Waals surface area contributed by atoms with Crippen molar-refractivity contribution in [2.45, 2.75) is 31.8 Å². The third-order valence-electron chi connectivity index (χ3n) is 4.86. The van der Waals surface area contributed by atoms with Crippen LogP contribution in [0.5, 0.6) is 0 Å². The number of aliphatic hydroxyl groups excluding tert-OH is 1. The molecule has 4 N–H and O–H groups in total. The lowest BCUT2D eigenvalue weighted by Crippen LogP contribution is -2.30. The number of nitrogen functional groups attached to an aromatic ring is 1. The first-order valence-electron chi connectivity index (χ1n) is 9.05. The monoisotopic (exact) mass is 437 g/mol. The number of nitrogens with zero attached hydrogens (tertiary/aromatic N) is 5. The number of nitrogens with one attached hydrogen (secondary N) is 1. The first kappa shape index (κ1) is 20.4. The zero-order chi connectivity index (χ0) is 21.4. The molecule has 0 bridgehead atoms. The van der Waals surface area contributed by atoms with Crippen LogP contribution in [0.2, 0.25) is 0 Å². The van der Waals surface area contributed by atoms with Gasteiger partial charge in [-0.2, -0.15) is 4.98 Å². The van der Waals surface area contributed by atoms with Gasteiger partial charge in [0.1, 0.15) is 18.2 Å². The van der Waals surface area contributed by atoms with Gasteiger partial charge in [-0.25, -0.2) is 9.97 Å². The minimum Gasteiger partial charge on any atom is -0.388 e. The molecule has 0 aromatic carbocycles. The number of aromatic amines is 1. The van der Waals surface area contributed by atoms with Gasteiger partial charge in [0.2, 0.25) is 5.95 Å². The summed E-state index contributed by atoms with van der Waals surface area (Å²) >= 11 is 0. The van der Waals surface area contributed by atoms with E-state index in [1.54, 1.807) is 0 Å². The highest BCUT2D eigenvalue weighted by Crippen LogP contribution is 2.38. The van der Waals surface area contributed by atoms with Crippen LogP contribution in [-0.2, 0) is 18.6 Å². The lowest BCUT2D eigenvalue weighted by molar-refractivity contribution is -0.119. The van der Waals surface area contributed by atoms with Gasteiger partial charge in [-0.3, -0.25) is 23.2 Å². The first-order chi connectivity index (χ1) is 14.3. The molecule has 160 valence electrons. The zero-order valence-corrected chi connectivity index (χ0v) is 16.8. The van der Waals surface area contributed by atoms with Gasteiger partial charge in [-0.1, -0.05) is 0 Å². The third-order valence-corrected chi connectivity index (χ3v) is 5.96. The number of ketones is 1. The number of hydrogen-bond donors (Lipinski definition) is 3. The number of anilines is 1. The van der Waals surface area contributed by atoms with Crippen molar-refractivity contribution in [2.75, 3.05) is 12.3 Å². The van der Waals surface area contributed by atoms with Crippen molar-refractivity contribution >= 4 is 31.1 Å². The predicted octanol–water partition coefficient (Wildman–Crippen LogP) is -0.294. The molecule has 4 rings (SSSR count). The van der Waals surface area contributed by atoms with E-state index in [0.29, 0.717) is 0 Å². The van der Waals surface area contributed by atoms with Crippen LogP contribution in [0.25, 0.3) is 11.2 Å². The Bertz CT molecular complexity index is 1140. The molecule has 1 aliphatic heterocycles. The van der Waals surface area contributed by atoms with E-state index in [4.69, 9.17) is 15.0 Å². The first-order valence-corrected chi connectivity index (χ1v) is 10.3. The van der Waals surface area contributed by atoms with Gasteiger partial charge >= 0.3 is 0 Å². The number of Topliss-reactive ketones (excluding diaryl/α,β-unsaturated/α-hetero) is 1. The molecule has 0 radical (unpaired) electrons. The summed E-state index contributed by atoms with van der Waals surface area (Å²) in [5.41, 5.74) is 5.26. The molecule has 30 heavy (non-hydrogen) atoms. The van der Waals surface area contributed by atoms with Crippen LogP contribution in [0.15, 0.2) is 29.8 Å². The highest BCUT2D eigenvalue weighted by molar-refractivity contribution is 7.37. The molecule has 5 atom stereocenters. The molecule has 0 aliphatic carbocycles. The van der Waals surface area contributed by atoms with E-state index in [9.17, 15) is 19.3 Å². The molecule has 1 fully saturated rings. The van der Waals surface area contributed by atoms with Crippen LogP contribution < -0.4 is 11.3 Å². The fourth-order valence-corrected chi connectivity index (χ4v) is 4.30. The highest BCUT2D eigenvalue weighted by atomic mass is 31.1. The number of H-pyrrole nitrogens is 1. The topological polar surface area (TPSA) is 180 Å². The summed E-state index contributed by atoms with van der Waals surface area (Å²) in [5.74, 6) is -0.882. The standard InChI is InChI=1S/C16H20N7O6P/c1-8(24)4-9-10(5-28-30(27)22-3-2-18-6-22)29-15(12(9)25)23-7-19-11-13(23)20-16(17)21-14(11)26/h2-3,6-7,9-10,12,15,25,30H,4-5H2,1H3,(H3,17,20,21,26)/t9-,10-,12-,15-/m1/s1. The number of hydrogen-bond acceptors (Lipinski definition) is 10. The van der Waals surface area contributed by atoms with Crippen molar-refractivity contribution in [2.24, 2.45) is 5.92 Å². The van der Waals surface area contributed by atoms with Crippen molar-refractivity contribution in [3.8, 4) is 0 Å². The second kappa shape index (κ2) is 8.11. The number of carbonyl (C=O) groups is 1. The Hall–Kier alpha value is -2.86. The lowest BCUT2D eigenvalue weighted by Gasteiger charge is -2.19. The fourth-order valence-electron chi connectivity index (χ4n) is 3.49. The van der Waals surface area contributed by atoms with Crippen LogP contribution in [0.1, 0.15) is 19.6 Å². The van der Waals surface area contributed by atoms with Crippen LogP contribution in [-0.4, -0.2) is 58.5 Å². The van der Waals surface area contributed by atoms with Crippen molar-refractivity contribution in [3.05, 3.63) is 35.4 Å². The average Bonchev–Trinajstić information content (AvgIpc) is 3.41. The average molecular weight is 437 g/mol. The summed E-state index contributed by atoms with van der Waals surface area (Å²) in [6.45, 7) is 1.28. The molecular weight excluding hydrogens is 417 g/mol. The number of ether oxygens (including phenoxy) is 1. The van der Waals surface area contributed by atoms with E-state index in [2.05, 4.69) is 19.9 Å². The van der Waals surface area contributed by atoms with Crippen molar-refractivity contribution in [1.82, 2.24) is 28.8 Å². The summed E-state index contributed by atoms with van der Waals surface area (Å²) in [7, 11) is -2.63. The van der Waals surface area contributed by atoms with E-state index in [-0.39, 0.29) is 35.9 Å². The largest absolute Gasteiger partial charge is 0.388 e. The smallest absolute Gasteiger partial charge is 0.289 e. The minimum absolute atomic E-state index is 0.0283. The SMILES string of the molecule is CC(=O)C[C@H]1[C@@H](O)[C@H](n2cnc3c(=O)[nH]c(N)nc32)O[C@@H]1CO[PH](=O)n1ccnc1. The number of nitrogens with two attached hydrogens (primary N) is 1. The Labute approximate surface area is 169 Å². The summed E-state index contributed by atoms with van der Waals surface area (Å²) in [6.07, 6.45) is 2.84. The maximum absolute atomic E-state index is 12.3. The van der Waals surface area contributed by atoms with E-state index >= 15 is 0 Å². The Balaban J connectivity index is 1.60. The number of aromatic nitrogens is 6. The van der Waals surface area contributed by atoms with Crippen molar-refractivity contribution in [1.29, 1.82) is 0 Å². The van der Waals surface area contributed by atoms with Crippen LogP contribution in [0.3, 0.4) is 0 Å².